The van der Waals surface area contributed by atoms with Crippen molar-refractivity contribution in [1.29, 1.82) is 0 Å². The molecule has 1 N–H and O–H groups in total. The minimum absolute atomic E-state index is 0.650. The van der Waals surface area contributed by atoms with E-state index in [0.717, 1.165) is 31.1 Å². The van der Waals surface area contributed by atoms with E-state index in [4.69, 9.17) is 4.52 Å². The first kappa shape index (κ1) is 13.6. The van der Waals surface area contributed by atoms with Gasteiger partial charge in [0.25, 0.3) is 0 Å². The third-order valence-corrected chi connectivity index (χ3v) is 3.33. The number of aryl methyl sites for hydroxylation is 1. The van der Waals surface area contributed by atoms with Gasteiger partial charge in [0.2, 0.25) is 0 Å². The highest BCUT2D eigenvalue weighted by Crippen LogP contribution is 2.12. The first-order chi connectivity index (χ1) is 8.63. The van der Waals surface area contributed by atoms with Gasteiger partial charge in [-0.2, -0.15) is 0 Å². The van der Waals surface area contributed by atoms with Gasteiger partial charge in [0, 0.05) is 31.7 Å². The van der Waals surface area contributed by atoms with E-state index in [2.05, 4.69) is 29.2 Å². The Labute approximate surface area is 110 Å². The maximum absolute atomic E-state index is 5.15. The first-order valence-electron chi connectivity index (χ1n) is 7.01. The largest absolute Gasteiger partial charge is 0.361 e. The molecule has 1 aliphatic heterocycles. The molecule has 1 saturated heterocycles. The number of nitrogens with zero attached hydrogens (tertiary/aromatic N) is 2. The number of hydrogen-bond acceptors (Lipinski definition) is 4. The van der Waals surface area contributed by atoms with Gasteiger partial charge in [0.05, 0.1) is 5.69 Å². The van der Waals surface area contributed by atoms with Crippen LogP contribution in [0.1, 0.15) is 38.1 Å². The van der Waals surface area contributed by atoms with Gasteiger partial charge in [-0.05, 0) is 32.2 Å². The van der Waals surface area contributed by atoms with Crippen molar-refractivity contribution < 1.29 is 4.52 Å². The summed E-state index contributed by atoms with van der Waals surface area (Å²) in [5, 5.41) is 7.67. The lowest BCUT2D eigenvalue weighted by Gasteiger charge is -2.26. The molecule has 4 heteroatoms. The molecule has 0 saturated carbocycles. The molecule has 18 heavy (non-hydrogen) atoms. The van der Waals surface area contributed by atoms with E-state index in [1.807, 2.05) is 13.0 Å². The molecule has 1 unspecified atom stereocenters. The lowest BCUT2D eigenvalue weighted by atomic mass is 10.1. The third kappa shape index (κ3) is 4.10. The highest BCUT2D eigenvalue weighted by molar-refractivity contribution is 5.03. The van der Waals surface area contributed by atoms with Crippen molar-refractivity contribution in [3.05, 3.63) is 17.5 Å². The Balaban J connectivity index is 1.91. The summed E-state index contributed by atoms with van der Waals surface area (Å²) in [5.74, 6) is 1.58. The lowest BCUT2D eigenvalue weighted by Crippen LogP contribution is -2.39. The van der Waals surface area contributed by atoms with Crippen LogP contribution in [0, 0.1) is 12.8 Å². The van der Waals surface area contributed by atoms with Crippen LogP contribution in [0.25, 0.3) is 0 Å². The van der Waals surface area contributed by atoms with Crippen LogP contribution in [0.15, 0.2) is 10.6 Å². The zero-order valence-electron chi connectivity index (χ0n) is 11.8. The van der Waals surface area contributed by atoms with Gasteiger partial charge in [0.15, 0.2) is 0 Å². The molecule has 1 aromatic heterocycles. The molecular formula is C14H25N3O. The molecular weight excluding hydrogens is 226 g/mol. The van der Waals surface area contributed by atoms with Crippen molar-refractivity contribution in [3.8, 4) is 0 Å². The molecule has 0 amide bonds. The Bertz CT molecular complexity index is 356. The fourth-order valence-electron chi connectivity index (χ4n) is 2.67. The first-order valence-corrected chi connectivity index (χ1v) is 7.01. The molecule has 0 aromatic carbocycles. The summed E-state index contributed by atoms with van der Waals surface area (Å²) in [4.78, 5) is 2.49. The summed E-state index contributed by atoms with van der Waals surface area (Å²) in [6.45, 7) is 10.8. The molecule has 0 aliphatic carbocycles. The maximum atomic E-state index is 5.15. The van der Waals surface area contributed by atoms with Crippen molar-refractivity contribution in [2.75, 3.05) is 19.6 Å². The molecule has 1 aliphatic rings. The molecule has 0 bridgehead atoms. The van der Waals surface area contributed by atoms with Gasteiger partial charge < -0.3 is 9.84 Å². The summed E-state index contributed by atoms with van der Waals surface area (Å²) in [6, 6.07) is 2.69. The molecule has 0 radical (unpaired) electrons. The summed E-state index contributed by atoms with van der Waals surface area (Å²) < 4.78 is 5.15. The van der Waals surface area contributed by atoms with E-state index in [1.165, 1.54) is 19.4 Å². The van der Waals surface area contributed by atoms with Crippen molar-refractivity contribution >= 4 is 0 Å². The van der Waals surface area contributed by atoms with E-state index in [0.29, 0.717) is 12.0 Å². The highest BCUT2D eigenvalue weighted by Gasteiger charge is 2.19. The van der Waals surface area contributed by atoms with E-state index in [9.17, 15) is 0 Å². The maximum Gasteiger partial charge on any atom is 0.133 e. The van der Waals surface area contributed by atoms with E-state index >= 15 is 0 Å². The van der Waals surface area contributed by atoms with Gasteiger partial charge >= 0.3 is 0 Å². The smallest absolute Gasteiger partial charge is 0.133 e. The molecule has 2 rings (SSSR count). The van der Waals surface area contributed by atoms with Crippen LogP contribution < -0.4 is 5.32 Å². The summed E-state index contributed by atoms with van der Waals surface area (Å²) in [6.07, 6.45) is 2.61. The SMILES string of the molecule is Cc1cc(CN(CC(C)C)CC2CCCN2)no1. The molecule has 1 fully saturated rings. The van der Waals surface area contributed by atoms with Crippen molar-refractivity contribution in [2.24, 2.45) is 5.92 Å². The molecule has 1 atom stereocenters. The Morgan fingerprint density at radius 3 is 2.94 bits per heavy atom. The molecule has 0 spiro atoms. The van der Waals surface area contributed by atoms with Gasteiger partial charge in [-0.1, -0.05) is 19.0 Å². The Kier molecular flexibility index (Phi) is 4.78. The number of hydrogen-bond donors (Lipinski definition) is 1. The lowest BCUT2D eigenvalue weighted by molar-refractivity contribution is 0.210. The Morgan fingerprint density at radius 2 is 2.39 bits per heavy atom. The van der Waals surface area contributed by atoms with E-state index < -0.39 is 0 Å². The zero-order chi connectivity index (χ0) is 13.0. The Morgan fingerprint density at radius 1 is 1.56 bits per heavy atom. The summed E-state index contributed by atoms with van der Waals surface area (Å²) >= 11 is 0. The van der Waals surface area contributed by atoms with Crippen LogP contribution in [0.2, 0.25) is 0 Å². The van der Waals surface area contributed by atoms with Crippen molar-refractivity contribution in [2.45, 2.75) is 46.2 Å². The normalized spacial score (nSPS) is 20.2. The van der Waals surface area contributed by atoms with Crippen LogP contribution in [-0.4, -0.2) is 35.7 Å². The van der Waals surface area contributed by atoms with E-state index in [-0.39, 0.29) is 0 Å². The van der Waals surface area contributed by atoms with Gasteiger partial charge in [-0.15, -0.1) is 0 Å². The fourth-order valence-corrected chi connectivity index (χ4v) is 2.67. The highest BCUT2D eigenvalue weighted by atomic mass is 16.5. The number of nitrogens with one attached hydrogen (secondary N) is 1. The van der Waals surface area contributed by atoms with Gasteiger partial charge in [-0.25, -0.2) is 0 Å². The van der Waals surface area contributed by atoms with Gasteiger partial charge in [-0.3, -0.25) is 4.90 Å². The van der Waals surface area contributed by atoms with Crippen molar-refractivity contribution in [3.63, 3.8) is 0 Å². The third-order valence-electron chi connectivity index (χ3n) is 3.33. The van der Waals surface area contributed by atoms with E-state index in [1.54, 1.807) is 0 Å². The average molecular weight is 251 g/mol. The van der Waals surface area contributed by atoms with Gasteiger partial charge in [0.1, 0.15) is 5.76 Å². The topological polar surface area (TPSA) is 41.3 Å². The summed E-state index contributed by atoms with van der Waals surface area (Å²) in [7, 11) is 0. The summed E-state index contributed by atoms with van der Waals surface area (Å²) in [5.41, 5.74) is 1.05. The monoisotopic (exact) mass is 251 g/mol. The second-order valence-electron chi connectivity index (χ2n) is 5.81. The number of aromatic nitrogens is 1. The van der Waals surface area contributed by atoms with Crippen LogP contribution in [0.3, 0.4) is 0 Å². The predicted octanol–water partition coefficient (Wildman–Crippen LogP) is 2.19. The fraction of sp³-hybridized carbons (Fsp3) is 0.786. The minimum atomic E-state index is 0.650. The quantitative estimate of drug-likeness (QED) is 0.841. The average Bonchev–Trinajstić information content (AvgIpc) is 2.89. The predicted molar refractivity (Wildman–Crippen MR) is 72.4 cm³/mol. The molecule has 102 valence electrons. The van der Waals surface area contributed by atoms with Crippen LogP contribution >= 0.6 is 0 Å². The second-order valence-corrected chi connectivity index (χ2v) is 5.81. The standard InChI is InChI=1S/C14H25N3O/c1-11(2)8-17(9-13-5-4-6-15-13)10-14-7-12(3)18-16-14/h7,11,13,15H,4-6,8-10H2,1-3H3. The second kappa shape index (κ2) is 6.34. The molecule has 2 heterocycles. The molecule has 4 nitrogen and oxygen atoms in total. The van der Waals surface area contributed by atoms with Crippen LogP contribution in [0.5, 0.6) is 0 Å². The Hall–Kier alpha value is -0.870. The number of rotatable bonds is 6. The van der Waals surface area contributed by atoms with Crippen LogP contribution in [-0.2, 0) is 6.54 Å². The minimum Gasteiger partial charge on any atom is -0.361 e. The van der Waals surface area contributed by atoms with Crippen LogP contribution in [0.4, 0.5) is 0 Å². The molecule has 1 aromatic rings. The van der Waals surface area contributed by atoms with Crippen molar-refractivity contribution in [1.82, 2.24) is 15.4 Å². The zero-order valence-corrected chi connectivity index (χ0v) is 11.8.